The second-order valence-electron chi connectivity index (χ2n) is 4.24. The summed E-state index contributed by atoms with van der Waals surface area (Å²) in [5.74, 6) is 0. The van der Waals surface area contributed by atoms with Gasteiger partial charge in [0.2, 0.25) is 0 Å². The molecular formula is C11H22N2O3. The third kappa shape index (κ3) is 3.09. The minimum absolute atomic E-state index is 0.0631. The van der Waals surface area contributed by atoms with E-state index in [1.54, 1.807) is 12.0 Å². The van der Waals surface area contributed by atoms with E-state index in [-0.39, 0.29) is 12.2 Å². The predicted octanol–water partition coefficient (Wildman–Crippen LogP) is 0.794. The Kier molecular flexibility index (Phi) is 5.02. The maximum atomic E-state index is 11.6. The molecule has 0 aromatic heterocycles. The van der Waals surface area contributed by atoms with Crippen LogP contribution in [0.15, 0.2) is 0 Å². The number of likely N-dealkylation sites (tertiary alicyclic amines) is 1. The van der Waals surface area contributed by atoms with E-state index in [9.17, 15) is 4.79 Å². The highest BCUT2D eigenvalue weighted by Crippen LogP contribution is 2.17. The molecule has 0 saturated carbocycles. The number of ether oxygens (including phenoxy) is 2. The third-order valence-electron chi connectivity index (χ3n) is 3.02. The molecule has 0 bridgehead atoms. The van der Waals surface area contributed by atoms with Crippen molar-refractivity contribution in [2.24, 2.45) is 0 Å². The summed E-state index contributed by atoms with van der Waals surface area (Å²) in [5.41, 5.74) is 0. The van der Waals surface area contributed by atoms with Gasteiger partial charge in [0, 0.05) is 19.7 Å². The molecular weight excluding hydrogens is 208 g/mol. The highest BCUT2D eigenvalue weighted by atomic mass is 16.6. The van der Waals surface area contributed by atoms with Crippen LogP contribution in [0.3, 0.4) is 0 Å². The maximum Gasteiger partial charge on any atom is 0.409 e. The zero-order chi connectivity index (χ0) is 12.1. The first-order valence-corrected chi connectivity index (χ1v) is 5.71. The number of methoxy groups -OCH3 is 1. The van der Waals surface area contributed by atoms with Gasteiger partial charge in [-0.15, -0.1) is 0 Å². The average molecular weight is 230 g/mol. The van der Waals surface area contributed by atoms with Gasteiger partial charge in [0.15, 0.2) is 0 Å². The van der Waals surface area contributed by atoms with Gasteiger partial charge in [-0.25, -0.2) is 4.79 Å². The van der Waals surface area contributed by atoms with Crippen molar-refractivity contribution >= 4 is 6.09 Å². The molecule has 1 aliphatic heterocycles. The number of nitrogens with zero attached hydrogens (tertiary/aromatic N) is 2. The van der Waals surface area contributed by atoms with Gasteiger partial charge in [-0.3, -0.25) is 0 Å². The van der Waals surface area contributed by atoms with Crippen molar-refractivity contribution in [3.05, 3.63) is 0 Å². The lowest BCUT2D eigenvalue weighted by Crippen LogP contribution is -2.54. The summed E-state index contributed by atoms with van der Waals surface area (Å²) in [5, 5.41) is 0. The molecule has 0 spiro atoms. The Morgan fingerprint density at radius 3 is 2.69 bits per heavy atom. The minimum Gasteiger partial charge on any atom is -0.450 e. The van der Waals surface area contributed by atoms with Crippen LogP contribution >= 0.6 is 0 Å². The molecule has 1 heterocycles. The fourth-order valence-corrected chi connectivity index (χ4v) is 2.11. The molecule has 0 aromatic carbocycles. The summed E-state index contributed by atoms with van der Waals surface area (Å²) in [6.07, 6.45) is 0.750. The van der Waals surface area contributed by atoms with Gasteiger partial charge >= 0.3 is 6.09 Å². The average Bonchev–Trinajstić information content (AvgIpc) is 2.28. The second-order valence-corrected chi connectivity index (χ2v) is 4.24. The summed E-state index contributed by atoms with van der Waals surface area (Å²) in [7, 11) is 5.77. The van der Waals surface area contributed by atoms with Gasteiger partial charge in [-0.1, -0.05) is 0 Å². The maximum absolute atomic E-state index is 11.6. The number of carbonyl (C=O) groups is 1. The molecule has 94 valence electrons. The van der Waals surface area contributed by atoms with Gasteiger partial charge in [0.05, 0.1) is 19.3 Å². The number of piperidine rings is 1. The third-order valence-corrected chi connectivity index (χ3v) is 3.02. The van der Waals surface area contributed by atoms with E-state index in [2.05, 4.69) is 4.90 Å². The van der Waals surface area contributed by atoms with Crippen molar-refractivity contribution < 1.29 is 14.3 Å². The molecule has 2 atom stereocenters. The van der Waals surface area contributed by atoms with Crippen LogP contribution in [0.5, 0.6) is 0 Å². The SMILES string of the molecule is CCOC(=O)N1CCC(N(C)C)C(OC)C1. The van der Waals surface area contributed by atoms with E-state index < -0.39 is 0 Å². The lowest BCUT2D eigenvalue weighted by molar-refractivity contribution is -0.0230. The normalized spacial score (nSPS) is 25.9. The highest BCUT2D eigenvalue weighted by Gasteiger charge is 2.33. The standard InChI is InChI=1S/C11H22N2O3/c1-5-16-11(14)13-7-6-9(12(2)3)10(8-13)15-4/h9-10H,5-8H2,1-4H3. The van der Waals surface area contributed by atoms with E-state index in [1.807, 2.05) is 21.0 Å². The van der Waals surface area contributed by atoms with Crippen molar-refractivity contribution in [3.63, 3.8) is 0 Å². The van der Waals surface area contributed by atoms with E-state index in [4.69, 9.17) is 9.47 Å². The molecule has 1 aliphatic rings. The monoisotopic (exact) mass is 230 g/mol. The molecule has 5 heteroatoms. The van der Waals surface area contributed by atoms with Gasteiger partial charge in [0.1, 0.15) is 0 Å². The van der Waals surface area contributed by atoms with Crippen LogP contribution in [-0.4, -0.2) is 68.9 Å². The lowest BCUT2D eigenvalue weighted by atomic mass is 10.0. The van der Waals surface area contributed by atoms with Crippen LogP contribution in [0.25, 0.3) is 0 Å². The van der Waals surface area contributed by atoms with E-state index in [0.29, 0.717) is 19.2 Å². The van der Waals surface area contributed by atoms with Crippen molar-refractivity contribution in [1.29, 1.82) is 0 Å². The molecule has 1 amide bonds. The smallest absolute Gasteiger partial charge is 0.409 e. The van der Waals surface area contributed by atoms with Crippen molar-refractivity contribution in [2.75, 3.05) is 40.9 Å². The highest BCUT2D eigenvalue weighted by molar-refractivity contribution is 5.67. The number of rotatable bonds is 3. The van der Waals surface area contributed by atoms with E-state index in [1.165, 1.54) is 0 Å². The Hall–Kier alpha value is -0.810. The topological polar surface area (TPSA) is 42.0 Å². The predicted molar refractivity (Wildman–Crippen MR) is 61.5 cm³/mol. The van der Waals surface area contributed by atoms with E-state index >= 15 is 0 Å². The van der Waals surface area contributed by atoms with Crippen molar-refractivity contribution in [3.8, 4) is 0 Å². The summed E-state index contributed by atoms with van der Waals surface area (Å²) < 4.78 is 10.4. The number of carbonyl (C=O) groups excluding carboxylic acids is 1. The first-order valence-electron chi connectivity index (χ1n) is 5.71. The van der Waals surface area contributed by atoms with Crippen LogP contribution in [-0.2, 0) is 9.47 Å². The molecule has 0 radical (unpaired) electrons. The van der Waals surface area contributed by atoms with Gasteiger partial charge in [-0.05, 0) is 27.4 Å². The molecule has 2 unspecified atom stereocenters. The molecule has 0 aliphatic carbocycles. The molecule has 0 aromatic rings. The second kappa shape index (κ2) is 6.06. The Bertz CT molecular complexity index is 233. The van der Waals surface area contributed by atoms with E-state index in [0.717, 1.165) is 13.0 Å². The first-order chi connectivity index (χ1) is 7.60. The largest absolute Gasteiger partial charge is 0.450 e. The summed E-state index contributed by atoms with van der Waals surface area (Å²) in [6, 6.07) is 0.371. The van der Waals surface area contributed by atoms with Crippen LogP contribution in [0.2, 0.25) is 0 Å². The molecule has 1 rings (SSSR count). The lowest BCUT2D eigenvalue weighted by Gasteiger charge is -2.40. The van der Waals surface area contributed by atoms with Crippen LogP contribution in [0, 0.1) is 0 Å². The molecule has 16 heavy (non-hydrogen) atoms. The van der Waals surface area contributed by atoms with Crippen molar-refractivity contribution in [1.82, 2.24) is 9.80 Å². The minimum atomic E-state index is -0.234. The van der Waals surface area contributed by atoms with Crippen LogP contribution < -0.4 is 0 Å². The Balaban J connectivity index is 2.55. The molecule has 1 fully saturated rings. The molecule has 5 nitrogen and oxygen atoms in total. The Labute approximate surface area is 97.3 Å². The summed E-state index contributed by atoms with van der Waals surface area (Å²) in [6.45, 7) is 3.59. The quantitative estimate of drug-likeness (QED) is 0.719. The number of amides is 1. The van der Waals surface area contributed by atoms with Gasteiger partial charge in [0.25, 0.3) is 0 Å². The number of likely N-dealkylation sites (N-methyl/N-ethyl adjacent to an activating group) is 1. The summed E-state index contributed by atoms with van der Waals surface area (Å²) >= 11 is 0. The number of hydrogen-bond acceptors (Lipinski definition) is 4. The van der Waals surface area contributed by atoms with Crippen LogP contribution in [0.1, 0.15) is 13.3 Å². The van der Waals surface area contributed by atoms with Gasteiger partial charge < -0.3 is 19.3 Å². The zero-order valence-corrected chi connectivity index (χ0v) is 10.6. The summed E-state index contributed by atoms with van der Waals surface area (Å²) in [4.78, 5) is 15.4. The van der Waals surface area contributed by atoms with Crippen LogP contribution in [0.4, 0.5) is 4.79 Å². The fourth-order valence-electron chi connectivity index (χ4n) is 2.11. The van der Waals surface area contributed by atoms with Crippen molar-refractivity contribution in [2.45, 2.75) is 25.5 Å². The Morgan fingerprint density at radius 1 is 1.50 bits per heavy atom. The molecule has 0 N–H and O–H groups in total. The Morgan fingerprint density at radius 2 is 2.19 bits per heavy atom. The molecule has 1 saturated heterocycles. The number of hydrogen-bond donors (Lipinski definition) is 0. The first kappa shape index (κ1) is 13.3. The fraction of sp³-hybridized carbons (Fsp3) is 0.909. The van der Waals surface area contributed by atoms with Gasteiger partial charge in [-0.2, -0.15) is 0 Å². The zero-order valence-electron chi connectivity index (χ0n) is 10.6.